The summed E-state index contributed by atoms with van der Waals surface area (Å²) in [4.78, 5) is 14.5. The molecule has 0 aliphatic carbocycles. The van der Waals surface area contributed by atoms with E-state index >= 15 is 0 Å². The average Bonchev–Trinajstić information content (AvgIpc) is 2.38. The van der Waals surface area contributed by atoms with E-state index in [0.29, 0.717) is 36.2 Å². The van der Waals surface area contributed by atoms with Gasteiger partial charge in [0.05, 0.1) is 12.1 Å². The molecule has 0 bridgehead atoms. The van der Waals surface area contributed by atoms with Gasteiger partial charge in [-0.05, 0) is 18.2 Å². The van der Waals surface area contributed by atoms with E-state index in [1.54, 1.807) is 25.3 Å². The van der Waals surface area contributed by atoms with Crippen LogP contribution in [0.25, 0.3) is 10.9 Å². The third-order valence-corrected chi connectivity index (χ3v) is 2.44. The SMILES string of the molecule is COCCOc1ccc2cc(F)c(C=O)nc2c1. The highest BCUT2D eigenvalue weighted by atomic mass is 19.1. The maximum Gasteiger partial charge on any atom is 0.171 e. The van der Waals surface area contributed by atoms with E-state index in [4.69, 9.17) is 9.47 Å². The Bertz CT molecular complexity index is 571. The maximum atomic E-state index is 13.3. The molecule has 0 aliphatic rings. The smallest absolute Gasteiger partial charge is 0.171 e. The van der Waals surface area contributed by atoms with Gasteiger partial charge in [-0.15, -0.1) is 0 Å². The number of aromatic nitrogens is 1. The molecule has 0 unspecified atom stereocenters. The largest absolute Gasteiger partial charge is 0.491 e. The summed E-state index contributed by atoms with van der Waals surface area (Å²) in [5, 5.41) is 0.622. The van der Waals surface area contributed by atoms with Crippen LogP contribution in [0.15, 0.2) is 24.3 Å². The van der Waals surface area contributed by atoms with Crippen LogP contribution in [0.3, 0.4) is 0 Å². The van der Waals surface area contributed by atoms with Gasteiger partial charge >= 0.3 is 0 Å². The summed E-state index contributed by atoms with van der Waals surface area (Å²) in [7, 11) is 1.59. The number of aldehydes is 1. The number of nitrogens with zero attached hydrogens (tertiary/aromatic N) is 1. The normalized spacial score (nSPS) is 10.6. The molecule has 0 N–H and O–H groups in total. The fraction of sp³-hybridized carbons (Fsp3) is 0.231. The Kier molecular flexibility index (Phi) is 3.84. The molecule has 0 spiro atoms. The first kappa shape index (κ1) is 12.4. The van der Waals surface area contributed by atoms with Gasteiger partial charge in [-0.2, -0.15) is 0 Å². The number of pyridine rings is 1. The van der Waals surface area contributed by atoms with Crippen molar-refractivity contribution in [3.05, 3.63) is 35.8 Å². The summed E-state index contributed by atoms with van der Waals surface area (Å²) < 4.78 is 23.6. The zero-order valence-corrected chi connectivity index (χ0v) is 9.85. The number of rotatable bonds is 5. The number of hydrogen-bond donors (Lipinski definition) is 0. The maximum absolute atomic E-state index is 13.3. The Morgan fingerprint density at radius 3 is 2.89 bits per heavy atom. The highest BCUT2D eigenvalue weighted by Gasteiger charge is 2.06. The molecule has 0 amide bonds. The number of fused-ring (bicyclic) bond motifs is 1. The van der Waals surface area contributed by atoms with E-state index in [9.17, 15) is 9.18 Å². The average molecular weight is 249 g/mol. The lowest BCUT2D eigenvalue weighted by Gasteiger charge is -2.06. The highest BCUT2D eigenvalue weighted by Crippen LogP contribution is 2.21. The minimum Gasteiger partial charge on any atom is -0.491 e. The fourth-order valence-corrected chi connectivity index (χ4v) is 1.55. The number of halogens is 1. The molecule has 0 saturated carbocycles. The van der Waals surface area contributed by atoms with Crippen LogP contribution in [0, 0.1) is 5.82 Å². The van der Waals surface area contributed by atoms with Crippen molar-refractivity contribution in [1.82, 2.24) is 4.98 Å². The lowest BCUT2D eigenvalue weighted by Crippen LogP contribution is -2.04. The van der Waals surface area contributed by atoms with Gasteiger partial charge in [0.25, 0.3) is 0 Å². The summed E-state index contributed by atoms with van der Waals surface area (Å²) in [6, 6.07) is 6.37. The van der Waals surface area contributed by atoms with Crippen LogP contribution in [-0.4, -0.2) is 31.6 Å². The molecule has 1 aromatic carbocycles. The van der Waals surface area contributed by atoms with E-state index in [0.717, 1.165) is 0 Å². The molecule has 94 valence electrons. The third kappa shape index (κ3) is 2.62. The third-order valence-electron chi connectivity index (χ3n) is 2.44. The molecule has 0 aliphatic heterocycles. The van der Waals surface area contributed by atoms with Crippen LogP contribution in [-0.2, 0) is 4.74 Å². The Morgan fingerprint density at radius 1 is 1.33 bits per heavy atom. The van der Waals surface area contributed by atoms with E-state index in [-0.39, 0.29) is 5.69 Å². The minimum absolute atomic E-state index is 0.198. The zero-order chi connectivity index (χ0) is 13.0. The summed E-state index contributed by atoms with van der Waals surface area (Å²) in [5.74, 6) is -0.0129. The lowest BCUT2D eigenvalue weighted by atomic mass is 10.2. The summed E-state index contributed by atoms with van der Waals surface area (Å²) in [6.45, 7) is 0.901. The molecule has 0 saturated heterocycles. The molecule has 1 heterocycles. The Balaban J connectivity index is 2.32. The van der Waals surface area contributed by atoms with Crippen LogP contribution in [0.5, 0.6) is 5.75 Å². The topological polar surface area (TPSA) is 48.4 Å². The van der Waals surface area contributed by atoms with Crippen molar-refractivity contribution >= 4 is 17.2 Å². The van der Waals surface area contributed by atoms with Gasteiger partial charge in [0.1, 0.15) is 18.1 Å². The molecular formula is C13H12FNO3. The van der Waals surface area contributed by atoms with Crippen molar-refractivity contribution in [2.24, 2.45) is 0 Å². The summed E-state index contributed by atoms with van der Waals surface area (Å²) in [6.07, 6.45) is 0.396. The molecule has 1 aromatic heterocycles. The number of ether oxygens (including phenoxy) is 2. The van der Waals surface area contributed by atoms with Crippen molar-refractivity contribution in [2.75, 3.05) is 20.3 Å². The second-order valence-electron chi connectivity index (χ2n) is 3.67. The van der Waals surface area contributed by atoms with Gasteiger partial charge in [-0.1, -0.05) is 0 Å². The molecular weight excluding hydrogens is 237 g/mol. The quantitative estimate of drug-likeness (QED) is 0.602. The van der Waals surface area contributed by atoms with Gasteiger partial charge in [-0.3, -0.25) is 4.79 Å². The highest BCUT2D eigenvalue weighted by molar-refractivity contribution is 5.84. The van der Waals surface area contributed by atoms with E-state index in [2.05, 4.69) is 4.98 Å². The molecule has 0 atom stereocenters. The standard InChI is InChI=1S/C13H12FNO3/c1-17-4-5-18-10-3-2-9-6-11(14)13(8-16)15-12(9)7-10/h2-3,6-8H,4-5H2,1H3. The number of methoxy groups -OCH3 is 1. The van der Waals surface area contributed by atoms with Gasteiger partial charge in [0, 0.05) is 18.6 Å². The summed E-state index contributed by atoms with van der Waals surface area (Å²) in [5.41, 5.74) is 0.324. The van der Waals surface area contributed by atoms with Gasteiger partial charge in [0.2, 0.25) is 0 Å². The van der Waals surface area contributed by atoms with Gasteiger partial charge in [-0.25, -0.2) is 9.37 Å². The number of benzene rings is 1. The first-order valence-corrected chi connectivity index (χ1v) is 5.42. The predicted molar refractivity (Wildman–Crippen MR) is 64.5 cm³/mol. The first-order valence-electron chi connectivity index (χ1n) is 5.42. The number of hydrogen-bond acceptors (Lipinski definition) is 4. The van der Waals surface area contributed by atoms with E-state index < -0.39 is 5.82 Å². The van der Waals surface area contributed by atoms with Crippen molar-refractivity contribution < 1.29 is 18.7 Å². The first-order chi connectivity index (χ1) is 8.74. The van der Waals surface area contributed by atoms with Crippen molar-refractivity contribution in [1.29, 1.82) is 0 Å². The van der Waals surface area contributed by atoms with Crippen LogP contribution < -0.4 is 4.74 Å². The van der Waals surface area contributed by atoms with E-state index in [1.807, 2.05) is 0 Å². The Morgan fingerprint density at radius 2 is 2.17 bits per heavy atom. The van der Waals surface area contributed by atoms with Crippen LogP contribution in [0.4, 0.5) is 4.39 Å². The van der Waals surface area contributed by atoms with Crippen molar-refractivity contribution in [3.8, 4) is 5.75 Å². The Hall–Kier alpha value is -2.01. The number of carbonyl (C=O) groups is 1. The van der Waals surface area contributed by atoms with Gasteiger partial charge in [0.15, 0.2) is 12.1 Å². The molecule has 0 radical (unpaired) electrons. The molecule has 2 aromatic rings. The molecule has 4 nitrogen and oxygen atoms in total. The second-order valence-corrected chi connectivity index (χ2v) is 3.67. The second kappa shape index (κ2) is 5.55. The summed E-state index contributed by atoms with van der Waals surface area (Å²) >= 11 is 0. The molecule has 2 rings (SSSR count). The Labute approximate surface area is 103 Å². The zero-order valence-electron chi connectivity index (χ0n) is 9.85. The molecule has 18 heavy (non-hydrogen) atoms. The van der Waals surface area contributed by atoms with Crippen LogP contribution in [0.1, 0.15) is 10.5 Å². The number of carbonyl (C=O) groups excluding carboxylic acids is 1. The van der Waals surface area contributed by atoms with E-state index in [1.165, 1.54) is 6.07 Å². The fourth-order valence-electron chi connectivity index (χ4n) is 1.55. The molecule has 5 heteroatoms. The predicted octanol–water partition coefficient (Wildman–Crippen LogP) is 2.21. The minimum atomic E-state index is -0.620. The van der Waals surface area contributed by atoms with Crippen molar-refractivity contribution in [2.45, 2.75) is 0 Å². The van der Waals surface area contributed by atoms with Crippen molar-refractivity contribution in [3.63, 3.8) is 0 Å². The monoisotopic (exact) mass is 249 g/mol. The van der Waals surface area contributed by atoms with Crippen LogP contribution in [0.2, 0.25) is 0 Å². The van der Waals surface area contributed by atoms with Gasteiger partial charge < -0.3 is 9.47 Å². The van der Waals surface area contributed by atoms with Crippen LogP contribution >= 0.6 is 0 Å². The lowest BCUT2D eigenvalue weighted by molar-refractivity contribution is 0.111. The molecule has 0 fully saturated rings.